The molecule has 7 nitrogen and oxygen atoms in total. The van der Waals surface area contributed by atoms with Gasteiger partial charge in [-0.2, -0.15) is 0 Å². The highest BCUT2D eigenvalue weighted by atomic mass is 19.1. The number of methoxy groups -OCH3 is 2. The van der Waals surface area contributed by atoms with E-state index in [1.54, 1.807) is 74.6 Å². The number of halogens is 1. The second kappa shape index (κ2) is 10.3. The number of rotatable bonds is 7. The zero-order valence-corrected chi connectivity index (χ0v) is 19.6. The summed E-state index contributed by atoms with van der Waals surface area (Å²) in [7, 11) is 3.10. The van der Waals surface area contributed by atoms with Crippen molar-refractivity contribution in [3.63, 3.8) is 0 Å². The normalized spacial score (nSPS) is 14.9. The molecule has 1 heterocycles. The van der Waals surface area contributed by atoms with Crippen molar-refractivity contribution in [3.8, 4) is 17.2 Å². The molecule has 35 heavy (non-hydrogen) atoms. The molecule has 0 spiro atoms. The number of fused-ring (bicyclic) bond motifs is 1. The first-order valence-corrected chi connectivity index (χ1v) is 11.0. The molecule has 1 aliphatic rings. The van der Waals surface area contributed by atoms with Crippen molar-refractivity contribution in [2.24, 2.45) is 0 Å². The van der Waals surface area contributed by atoms with E-state index in [1.807, 2.05) is 6.07 Å². The second-order valence-electron chi connectivity index (χ2n) is 7.93. The number of anilines is 2. The molecule has 1 atom stereocenters. The maximum Gasteiger partial charge on any atom is 0.268 e. The number of benzene rings is 3. The van der Waals surface area contributed by atoms with Crippen LogP contribution in [0.3, 0.4) is 0 Å². The molecular formula is C27H25FN2O5. The van der Waals surface area contributed by atoms with E-state index in [-0.39, 0.29) is 24.2 Å². The minimum atomic E-state index is -0.659. The maximum absolute atomic E-state index is 13.3. The fourth-order valence-electron chi connectivity index (χ4n) is 3.73. The molecule has 1 aliphatic heterocycles. The molecule has 1 unspecified atom stereocenters. The zero-order valence-electron chi connectivity index (χ0n) is 19.6. The summed E-state index contributed by atoms with van der Waals surface area (Å²) in [5.41, 5.74) is 2.56. The largest absolute Gasteiger partial charge is 0.493 e. The molecule has 0 fully saturated rings. The molecule has 0 bridgehead atoms. The van der Waals surface area contributed by atoms with E-state index in [2.05, 4.69) is 5.32 Å². The number of nitrogens with zero attached hydrogens (tertiary/aromatic N) is 1. The van der Waals surface area contributed by atoms with E-state index < -0.39 is 6.10 Å². The number of amides is 2. The molecule has 0 aliphatic carbocycles. The van der Waals surface area contributed by atoms with Gasteiger partial charge in [0.25, 0.3) is 5.91 Å². The SMILES string of the molecule is COc1ccc(/C=C/C(=O)Nc2ccc3c(c2)N(Cc2ccc(F)cc2)C(=O)C(C)O3)cc1OC. The molecule has 8 heteroatoms. The van der Waals surface area contributed by atoms with Crippen molar-refractivity contribution < 1.29 is 28.2 Å². The third kappa shape index (κ3) is 5.43. The Bertz CT molecular complexity index is 1270. The summed E-state index contributed by atoms with van der Waals surface area (Å²) in [6, 6.07) is 16.4. The minimum Gasteiger partial charge on any atom is -0.493 e. The van der Waals surface area contributed by atoms with Crippen LogP contribution in [0.2, 0.25) is 0 Å². The predicted octanol–water partition coefficient (Wildman–Crippen LogP) is 4.81. The quantitative estimate of drug-likeness (QED) is 0.496. The van der Waals surface area contributed by atoms with Crippen LogP contribution < -0.4 is 24.4 Å². The van der Waals surface area contributed by atoms with Gasteiger partial charge in [-0.05, 0) is 66.6 Å². The summed E-state index contributed by atoms with van der Waals surface area (Å²) in [6.45, 7) is 1.92. The molecule has 180 valence electrons. The first-order valence-electron chi connectivity index (χ1n) is 11.0. The molecule has 0 saturated heterocycles. The average molecular weight is 477 g/mol. The summed E-state index contributed by atoms with van der Waals surface area (Å²) in [6.07, 6.45) is 2.40. The second-order valence-corrected chi connectivity index (χ2v) is 7.93. The number of hydrogen-bond donors (Lipinski definition) is 1. The Morgan fingerprint density at radius 1 is 1.06 bits per heavy atom. The van der Waals surface area contributed by atoms with Gasteiger partial charge in [-0.15, -0.1) is 0 Å². The summed E-state index contributed by atoms with van der Waals surface area (Å²) >= 11 is 0. The van der Waals surface area contributed by atoms with Crippen LogP contribution >= 0.6 is 0 Å². The Balaban J connectivity index is 1.52. The lowest BCUT2D eigenvalue weighted by molar-refractivity contribution is -0.125. The number of carbonyl (C=O) groups is 2. The van der Waals surface area contributed by atoms with E-state index in [0.717, 1.165) is 11.1 Å². The van der Waals surface area contributed by atoms with Gasteiger partial charge in [0.15, 0.2) is 17.6 Å². The molecule has 3 aromatic rings. The number of carbonyl (C=O) groups excluding carboxylic acids is 2. The Kier molecular flexibility index (Phi) is 7.01. The van der Waals surface area contributed by atoms with Crippen LogP contribution in [-0.2, 0) is 16.1 Å². The van der Waals surface area contributed by atoms with E-state index >= 15 is 0 Å². The lowest BCUT2D eigenvalue weighted by atomic mass is 10.1. The molecule has 0 saturated carbocycles. The Hall–Kier alpha value is -4.33. The van der Waals surface area contributed by atoms with Crippen LogP contribution in [0.4, 0.5) is 15.8 Å². The van der Waals surface area contributed by atoms with Crippen molar-refractivity contribution in [2.45, 2.75) is 19.6 Å². The van der Waals surface area contributed by atoms with Gasteiger partial charge in [0.2, 0.25) is 5.91 Å². The van der Waals surface area contributed by atoms with Crippen LogP contribution in [0.1, 0.15) is 18.1 Å². The van der Waals surface area contributed by atoms with Gasteiger partial charge in [-0.25, -0.2) is 4.39 Å². The highest BCUT2D eigenvalue weighted by Gasteiger charge is 2.31. The van der Waals surface area contributed by atoms with Crippen molar-refractivity contribution in [2.75, 3.05) is 24.4 Å². The van der Waals surface area contributed by atoms with E-state index in [4.69, 9.17) is 14.2 Å². The van der Waals surface area contributed by atoms with Gasteiger partial charge < -0.3 is 24.4 Å². The topological polar surface area (TPSA) is 77.1 Å². The number of hydrogen-bond acceptors (Lipinski definition) is 5. The summed E-state index contributed by atoms with van der Waals surface area (Å²) < 4.78 is 29.5. The van der Waals surface area contributed by atoms with Gasteiger partial charge in [0, 0.05) is 11.8 Å². The summed E-state index contributed by atoms with van der Waals surface area (Å²) in [5.74, 6) is 0.768. The molecule has 0 aromatic heterocycles. The molecular weight excluding hydrogens is 451 g/mol. The highest BCUT2D eigenvalue weighted by molar-refractivity contribution is 6.04. The van der Waals surface area contributed by atoms with Crippen molar-refractivity contribution in [1.82, 2.24) is 0 Å². The molecule has 2 amide bonds. The van der Waals surface area contributed by atoms with Gasteiger partial charge in [0.05, 0.1) is 26.5 Å². The van der Waals surface area contributed by atoms with Crippen molar-refractivity contribution >= 4 is 29.3 Å². The number of nitrogens with one attached hydrogen (secondary N) is 1. The van der Waals surface area contributed by atoms with E-state index in [9.17, 15) is 14.0 Å². The van der Waals surface area contributed by atoms with Gasteiger partial charge in [0.1, 0.15) is 11.6 Å². The Morgan fingerprint density at radius 2 is 1.80 bits per heavy atom. The van der Waals surface area contributed by atoms with Crippen LogP contribution in [0.25, 0.3) is 6.08 Å². The monoisotopic (exact) mass is 476 g/mol. The molecule has 0 radical (unpaired) electrons. The molecule has 1 N–H and O–H groups in total. The van der Waals surface area contributed by atoms with Gasteiger partial charge in [-0.3, -0.25) is 9.59 Å². The van der Waals surface area contributed by atoms with Gasteiger partial charge in [-0.1, -0.05) is 18.2 Å². The maximum atomic E-state index is 13.3. The van der Waals surface area contributed by atoms with Crippen LogP contribution in [0.15, 0.2) is 66.7 Å². The molecule has 4 rings (SSSR count). The lowest BCUT2D eigenvalue weighted by Crippen LogP contribution is -2.44. The fraction of sp³-hybridized carbons (Fsp3) is 0.185. The third-order valence-electron chi connectivity index (χ3n) is 5.52. The first kappa shape index (κ1) is 23.8. The molecule has 3 aromatic carbocycles. The van der Waals surface area contributed by atoms with Gasteiger partial charge >= 0.3 is 0 Å². The smallest absolute Gasteiger partial charge is 0.268 e. The highest BCUT2D eigenvalue weighted by Crippen LogP contribution is 2.37. The van der Waals surface area contributed by atoms with Crippen molar-refractivity contribution in [1.29, 1.82) is 0 Å². The Labute approximate surface area is 202 Å². The Morgan fingerprint density at radius 3 is 2.51 bits per heavy atom. The third-order valence-corrected chi connectivity index (χ3v) is 5.52. The minimum absolute atomic E-state index is 0.223. The van der Waals surface area contributed by atoms with E-state index in [0.29, 0.717) is 28.6 Å². The average Bonchev–Trinajstić information content (AvgIpc) is 2.86. The first-order chi connectivity index (χ1) is 16.9. The standard InChI is InChI=1S/C27H25FN2O5/c1-17-27(32)30(16-19-4-8-20(28)9-5-19)22-15-21(10-12-23(22)35-17)29-26(31)13-7-18-6-11-24(33-2)25(14-18)34-3/h4-15,17H,16H2,1-3H3,(H,29,31)/b13-7+. The van der Waals surface area contributed by atoms with Crippen LogP contribution in [0, 0.1) is 5.82 Å². The summed E-state index contributed by atoms with van der Waals surface area (Å²) in [4.78, 5) is 27.0. The van der Waals surface area contributed by atoms with Crippen molar-refractivity contribution in [3.05, 3.63) is 83.7 Å². The summed E-state index contributed by atoms with van der Waals surface area (Å²) in [5, 5.41) is 2.81. The lowest BCUT2D eigenvalue weighted by Gasteiger charge is -2.33. The van der Waals surface area contributed by atoms with Crippen LogP contribution in [0.5, 0.6) is 17.2 Å². The number of ether oxygens (including phenoxy) is 3. The van der Waals surface area contributed by atoms with Crippen LogP contribution in [-0.4, -0.2) is 32.1 Å². The fourth-order valence-corrected chi connectivity index (χ4v) is 3.73. The zero-order chi connectivity index (χ0) is 24.9. The van der Waals surface area contributed by atoms with E-state index in [1.165, 1.54) is 18.2 Å². The predicted molar refractivity (Wildman–Crippen MR) is 131 cm³/mol.